The lowest BCUT2D eigenvalue weighted by molar-refractivity contribution is 0.286. The maximum atomic E-state index is 9.56. The number of hydrogen-bond donors (Lipinski definition) is 1. The van der Waals surface area contributed by atoms with Gasteiger partial charge in [0.2, 0.25) is 0 Å². The molecule has 3 heteroatoms. The average Bonchev–Trinajstić information content (AvgIpc) is 2.42. The van der Waals surface area contributed by atoms with Gasteiger partial charge in [-0.15, -0.1) is 0 Å². The van der Waals surface area contributed by atoms with Crippen LogP contribution in [0, 0.1) is 17.2 Å². The molecule has 0 radical (unpaired) electrons. The SMILES string of the molecule is CC(C#N)(Nc1ccccc1Br)C1CCCCC1. The highest BCUT2D eigenvalue weighted by Crippen LogP contribution is 2.36. The largest absolute Gasteiger partial charge is 0.366 e. The third kappa shape index (κ3) is 2.87. The number of para-hydroxylation sites is 1. The Bertz CT molecular complexity index is 446. The van der Waals surface area contributed by atoms with Gasteiger partial charge in [-0.1, -0.05) is 31.4 Å². The first-order valence-electron chi connectivity index (χ1n) is 6.60. The maximum absolute atomic E-state index is 9.56. The van der Waals surface area contributed by atoms with Crippen LogP contribution in [-0.2, 0) is 0 Å². The van der Waals surface area contributed by atoms with Crippen molar-refractivity contribution in [2.45, 2.75) is 44.6 Å². The van der Waals surface area contributed by atoms with E-state index in [-0.39, 0.29) is 0 Å². The summed E-state index contributed by atoms with van der Waals surface area (Å²) < 4.78 is 1.02. The zero-order valence-electron chi connectivity index (χ0n) is 10.7. The molecular formula is C15H19BrN2. The minimum Gasteiger partial charge on any atom is -0.366 e. The zero-order chi connectivity index (χ0) is 13.0. The fourth-order valence-electron chi connectivity index (χ4n) is 2.74. The highest BCUT2D eigenvalue weighted by Gasteiger charge is 2.35. The average molecular weight is 307 g/mol. The predicted molar refractivity (Wildman–Crippen MR) is 78.4 cm³/mol. The minimum absolute atomic E-state index is 0.448. The van der Waals surface area contributed by atoms with E-state index in [1.807, 2.05) is 31.2 Å². The van der Waals surface area contributed by atoms with Gasteiger partial charge in [-0.2, -0.15) is 5.26 Å². The molecule has 1 fully saturated rings. The quantitative estimate of drug-likeness (QED) is 0.876. The Morgan fingerprint density at radius 1 is 1.28 bits per heavy atom. The Labute approximate surface area is 118 Å². The lowest BCUT2D eigenvalue weighted by atomic mass is 9.76. The van der Waals surface area contributed by atoms with Gasteiger partial charge in [0.15, 0.2) is 0 Å². The number of anilines is 1. The molecule has 1 saturated carbocycles. The number of nitriles is 1. The summed E-state index contributed by atoms with van der Waals surface area (Å²) in [6.07, 6.45) is 6.12. The summed E-state index contributed by atoms with van der Waals surface area (Å²) in [4.78, 5) is 0. The molecule has 1 aromatic rings. The summed E-state index contributed by atoms with van der Waals surface area (Å²) in [5.41, 5.74) is 0.539. The molecule has 0 amide bonds. The summed E-state index contributed by atoms with van der Waals surface area (Å²) in [5, 5.41) is 13.0. The predicted octanol–water partition coefficient (Wildman–Crippen LogP) is 4.72. The van der Waals surface area contributed by atoms with Gasteiger partial charge in [0, 0.05) is 10.2 Å². The Morgan fingerprint density at radius 2 is 1.94 bits per heavy atom. The molecule has 96 valence electrons. The second-order valence-corrected chi connectivity index (χ2v) is 6.11. The van der Waals surface area contributed by atoms with Crippen molar-refractivity contribution in [1.82, 2.24) is 0 Å². The molecule has 1 aliphatic carbocycles. The Balaban J connectivity index is 2.18. The number of nitrogens with zero attached hydrogens (tertiary/aromatic N) is 1. The molecular weight excluding hydrogens is 288 g/mol. The number of nitrogens with one attached hydrogen (secondary N) is 1. The van der Waals surface area contributed by atoms with E-state index in [2.05, 4.69) is 27.3 Å². The van der Waals surface area contributed by atoms with E-state index >= 15 is 0 Å². The van der Waals surface area contributed by atoms with E-state index in [0.29, 0.717) is 5.92 Å². The third-order valence-corrected chi connectivity index (χ3v) is 4.61. The van der Waals surface area contributed by atoms with E-state index < -0.39 is 5.54 Å². The van der Waals surface area contributed by atoms with Gasteiger partial charge in [-0.3, -0.25) is 0 Å². The van der Waals surface area contributed by atoms with Gasteiger partial charge in [0.05, 0.1) is 6.07 Å². The van der Waals surface area contributed by atoms with Crippen LogP contribution in [-0.4, -0.2) is 5.54 Å². The first kappa shape index (κ1) is 13.4. The summed E-state index contributed by atoms with van der Waals surface area (Å²) in [5.74, 6) is 0.448. The molecule has 1 aliphatic rings. The van der Waals surface area contributed by atoms with Crippen molar-refractivity contribution in [2.75, 3.05) is 5.32 Å². The van der Waals surface area contributed by atoms with Gasteiger partial charge in [-0.05, 0) is 53.7 Å². The van der Waals surface area contributed by atoms with Gasteiger partial charge in [-0.25, -0.2) is 0 Å². The van der Waals surface area contributed by atoms with Crippen LogP contribution in [0.2, 0.25) is 0 Å². The summed E-state index contributed by atoms with van der Waals surface area (Å²) in [6.45, 7) is 2.03. The Hall–Kier alpha value is -1.01. The standard InChI is InChI=1S/C15H19BrN2/c1-15(11-17,12-7-3-2-4-8-12)18-14-10-6-5-9-13(14)16/h5-6,9-10,12,18H,2-4,7-8H2,1H3. The molecule has 1 atom stereocenters. The lowest BCUT2D eigenvalue weighted by Crippen LogP contribution is -2.42. The van der Waals surface area contributed by atoms with Crippen molar-refractivity contribution in [3.8, 4) is 6.07 Å². The highest BCUT2D eigenvalue weighted by atomic mass is 79.9. The molecule has 0 bridgehead atoms. The fraction of sp³-hybridized carbons (Fsp3) is 0.533. The van der Waals surface area contributed by atoms with Crippen LogP contribution in [0.4, 0.5) is 5.69 Å². The Morgan fingerprint density at radius 3 is 2.56 bits per heavy atom. The minimum atomic E-state index is -0.468. The van der Waals surface area contributed by atoms with Crippen LogP contribution in [0.25, 0.3) is 0 Å². The van der Waals surface area contributed by atoms with Crippen molar-refractivity contribution >= 4 is 21.6 Å². The van der Waals surface area contributed by atoms with Crippen molar-refractivity contribution in [3.63, 3.8) is 0 Å². The molecule has 0 saturated heterocycles. The van der Waals surface area contributed by atoms with Crippen LogP contribution < -0.4 is 5.32 Å². The van der Waals surface area contributed by atoms with Gasteiger partial charge in [0.1, 0.15) is 5.54 Å². The van der Waals surface area contributed by atoms with Crippen LogP contribution in [0.3, 0.4) is 0 Å². The van der Waals surface area contributed by atoms with Crippen LogP contribution in [0.1, 0.15) is 39.0 Å². The highest BCUT2D eigenvalue weighted by molar-refractivity contribution is 9.10. The second kappa shape index (κ2) is 5.75. The van der Waals surface area contributed by atoms with Gasteiger partial charge < -0.3 is 5.32 Å². The number of halogens is 1. The molecule has 1 aromatic carbocycles. The maximum Gasteiger partial charge on any atom is 0.125 e. The monoisotopic (exact) mass is 306 g/mol. The molecule has 0 aromatic heterocycles. The number of rotatable bonds is 3. The zero-order valence-corrected chi connectivity index (χ0v) is 12.3. The number of benzene rings is 1. The van der Waals surface area contributed by atoms with Crippen molar-refractivity contribution in [1.29, 1.82) is 5.26 Å². The molecule has 18 heavy (non-hydrogen) atoms. The Kier molecular flexibility index (Phi) is 4.29. The van der Waals surface area contributed by atoms with Crippen molar-refractivity contribution < 1.29 is 0 Å². The van der Waals surface area contributed by atoms with Crippen LogP contribution >= 0.6 is 15.9 Å². The van der Waals surface area contributed by atoms with Crippen molar-refractivity contribution in [3.05, 3.63) is 28.7 Å². The molecule has 0 spiro atoms. The second-order valence-electron chi connectivity index (χ2n) is 5.25. The molecule has 1 unspecified atom stereocenters. The van der Waals surface area contributed by atoms with E-state index in [4.69, 9.17) is 0 Å². The normalized spacial score (nSPS) is 19.8. The van der Waals surface area contributed by atoms with Crippen LogP contribution in [0.5, 0.6) is 0 Å². The first-order valence-corrected chi connectivity index (χ1v) is 7.39. The lowest BCUT2D eigenvalue weighted by Gasteiger charge is -2.36. The molecule has 2 rings (SSSR count). The van der Waals surface area contributed by atoms with Crippen molar-refractivity contribution in [2.24, 2.45) is 5.92 Å². The first-order chi connectivity index (χ1) is 8.65. The van der Waals surface area contributed by atoms with Crippen LogP contribution in [0.15, 0.2) is 28.7 Å². The smallest absolute Gasteiger partial charge is 0.125 e. The van der Waals surface area contributed by atoms with Gasteiger partial charge >= 0.3 is 0 Å². The molecule has 2 nitrogen and oxygen atoms in total. The van der Waals surface area contributed by atoms with E-state index in [1.54, 1.807) is 0 Å². The fourth-order valence-corrected chi connectivity index (χ4v) is 3.13. The van der Waals surface area contributed by atoms with E-state index in [0.717, 1.165) is 23.0 Å². The summed E-state index contributed by atoms with van der Waals surface area (Å²) in [6, 6.07) is 10.5. The molecule has 1 N–H and O–H groups in total. The number of hydrogen-bond acceptors (Lipinski definition) is 2. The summed E-state index contributed by atoms with van der Waals surface area (Å²) >= 11 is 3.53. The third-order valence-electron chi connectivity index (χ3n) is 3.92. The molecule has 0 aliphatic heterocycles. The van der Waals surface area contributed by atoms with Gasteiger partial charge in [0.25, 0.3) is 0 Å². The van der Waals surface area contributed by atoms with E-state index in [1.165, 1.54) is 19.3 Å². The summed E-state index contributed by atoms with van der Waals surface area (Å²) in [7, 11) is 0. The molecule has 0 heterocycles. The topological polar surface area (TPSA) is 35.8 Å². The van der Waals surface area contributed by atoms with E-state index in [9.17, 15) is 5.26 Å².